The lowest BCUT2D eigenvalue weighted by Crippen LogP contribution is -2.24. The smallest absolute Gasteiger partial charge is 0.261 e. The van der Waals surface area contributed by atoms with Gasteiger partial charge in [0, 0.05) is 11.6 Å². The summed E-state index contributed by atoms with van der Waals surface area (Å²) in [4.78, 5) is 28.4. The van der Waals surface area contributed by atoms with Crippen molar-refractivity contribution in [3.63, 3.8) is 0 Å². The number of fused-ring (bicyclic) bond motifs is 1. The number of Topliss-reactive ketones (excluding diaryl/α,β-unsaturated/α-hetero) is 1. The number of carbonyl (C=O) groups excluding carboxylic acids is 1. The first-order chi connectivity index (χ1) is 10.1. The van der Waals surface area contributed by atoms with Crippen LogP contribution in [0.3, 0.4) is 0 Å². The topological polar surface area (TPSA) is 52.0 Å². The zero-order valence-electron chi connectivity index (χ0n) is 11.0. The van der Waals surface area contributed by atoms with Crippen LogP contribution < -0.4 is 5.56 Å². The Hall–Kier alpha value is -2.82. The first-order valence-corrected chi connectivity index (χ1v) is 6.38. The number of nitrogens with zero attached hydrogens (tertiary/aromatic N) is 2. The van der Waals surface area contributed by atoms with Gasteiger partial charge in [-0.3, -0.25) is 14.2 Å². The van der Waals surface area contributed by atoms with Gasteiger partial charge >= 0.3 is 0 Å². The number of ketones is 1. The van der Waals surface area contributed by atoms with E-state index < -0.39 is 5.82 Å². The molecule has 1 aromatic heterocycles. The van der Waals surface area contributed by atoms with Gasteiger partial charge in [-0.05, 0) is 12.1 Å². The monoisotopic (exact) mass is 282 g/mol. The molecule has 0 saturated heterocycles. The van der Waals surface area contributed by atoms with Gasteiger partial charge in [0.15, 0.2) is 5.78 Å². The fourth-order valence-corrected chi connectivity index (χ4v) is 2.11. The summed E-state index contributed by atoms with van der Waals surface area (Å²) >= 11 is 0. The molecule has 1 heterocycles. The number of aromatic nitrogens is 2. The number of carbonyl (C=O) groups is 1. The largest absolute Gasteiger partial charge is 0.292 e. The number of benzene rings is 2. The van der Waals surface area contributed by atoms with Gasteiger partial charge in [-0.15, -0.1) is 0 Å². The lowest BCUT2D eigenvalue weighted by Gasteiger charge is -2.06. The first-order valence-electron chi connectivity index (χ1n) is 6.38. The molecule has 104 valence electrons. The minimum atomic E-state index is -0.451. The molecule has 5 heteroatoms. The van der Waals surface area contributed by atoms with Gasteiger partial charge in [0.05, 0.1) is 23.8 Å². The highest BCUT2D eigenvalue weighted by Crippen LogP contribution is 2.09. The highest BCUT2D eigenvalue weighted by Gasteiger charge is 2.10. The van der Waals surface area contributed by atoms with Crippen LogP contribution in [0.2, 0.25) is 0 Å². The molecule has 0 unspecified atom stereocenters. The summed E-state index contributed by atoms with van der Waals surface area (Å²) in [5, 5.41) is 0.291. The lowest BCUT2D eigenvalue weighted by atomic mass is 10.1. The molecule has 2 aromatic carbocycles. The van der Waals surface area contributed by atoms with Gasteiger partial charge in [-0.1, -0.05) is 30.3 Å². The van der Waals surface area contributed by atoms with Crippen molar-refractivity contribution >= 4 is 16.7 Å². The average Bonchev–Trinajstić information content (AvgIpc) is 2.51. The summed E-state index contributed by atoms with van der Waals surface area (Å²) in [5.41, 5.74) is 0.455. The second-order valence-corrected chi connectivity index (χ2v) is 4.63. The molecule has 0 bridgehead atoms. The normalized spacial score (nSPS) is 10.7. The SMILES string of the molecule is O=C(Cn1cnc2cc(F)ccc2c1=O)c1ccccc1. The van der Waals surface area contributed by atoms with Crippen LogP contribution in [0.25, 0.3) is 10.9 Å². The summed E-state index contributed by atoms with van der Waals surface area (Å²) in [5.74, 6) is -0.631. The summed E-state index contributed by atoms with van der Waals surface area (Å²) in [6, 6.07) is 12.5. The summed E-state index contributed by atoms with van der Waals surface area (Å²) in [6.45, 7) is -0.0941. The molecule has 0 spiro atoms. The van der Waals surface area contributed by atoms with Crippen molar-refractivity contribution < 1.29 is 9.18 Å². The predicted octanol–water partition coefficient (Wildman–Crippen LogP) is 2.42. The number of hydrogen-bond acceptors (Lipinski definition) is 3. The van der Waals surface area contributed by atoms with Gasteiger partial charge < -0.3 is 0 Å². The van der Waals surface area contributed by atoms with Crippen LogP contribution in [0.15, 0.2) is 59.7 Å². The van der Waals surface area contributed by atoms with Crippen LogP contribution in [0.1, 0.15) is 10.4 Å². The predicted molar refractivity (Wildman–Crippen MR) is 76.7 cm³/mol. The van der Waals surface area contributed by atoms with Crippen molar-refractivity contribution in [2.45, 2.75) is 6.54 Å². The summed E-state index contributed by atoms with van der Waals surface area (Å²) in [7, 11) is 0. The molecule has 0 amide bonds. The maximum atomic E-state index is 13.1. The number of rotatable bonds is 3. The number of halogens is 1. The zero-order valence-corrected chi connectivity index (χ0v) is 11.0. The van der Waals surface area contributed by atoms with E-state index in [9.17, 15) is 14.0 Å². The molecule has 0 fully saturated rings. The van der Waals surface area contributed by atoms with E-state index >= 15 is 0 Å². The van der Waals surface area contributed by atoms with E-state index in [1.807, 2.05) is 6.07 Å². The molecule has 4 nitrogen and oxygen atoms in total. The Balaban J connectivity index is 1.98. The molecule has 3 aromatic rings. The third-order valence-corrected chi connectivity index (χ3v) is 3.20. The summed E-state index contributed by atoms with van der Waals surface area (Å²) in [6.07, 6.45) is 1.27. The van der Waals surface area contributed by atoms with Gasteiger partial charge in [-0.2, -0.15) is 0 Å². The van der Waals surface area contributed by atoms with Crippen molar-refractivity contribution in [1.82, 2.24) is 9.55 Å². The minimum absolute atomic E-state index is 0.0941. The Morgan fingerprint density at radius 3 is 2.67 bits per heavy atom. The maximum Gasteiger partial charge on any atom is 0.261 e. The molecule has 0 saturated carbocycles. The molecule has 0 atom stereocenters. The number of hydrogen-bond donors (Lipinski definition) is 0. The van der Waals surface area contributed by atoms with E-state index in [2.05, 4.69) is 4.98 Å². The van der Waals surface area contributed by atoms with E-state index in [4.69, 9.17) is 0 Å². The molecule has 0 N–H and O–H groups in total. The standard InChI is InChI=1S/C16H11FN2O2/c17-12-6-7-13-14(8-12)18-10-19(16(13)21)9-15(20)11-4-2-1-3-5-11/h1-8,10H,9H2. The van der Waals surface area contributed by atoms with Gasteiger partial charge in [0.25, 0.3) is 5.56 Å². The fraction of sp³-hybridized carbons (Fsp3) is 0.0625. The molecular formula is C16H11FN2O2. The Morgan fingerprint density at radius 2 is 1.90 bits per heavy atom. The second-order valence-electron chi connectivity index (χ2n) is 4.63. The second kappa shape index (κ2) is 5.28. The Kier molecular flexibility index (Phi) is 3.31. The quantitative estimate of drug-likeness (QED) is 0.693. The van der Waals surface area contributed by atoms with Crippen LogP contribution in [0, 0.1) is 5.82 Å². The third kappa shape index (κ3) is 2.58. The van der Waals surface area contributed by atoms with Crippen molar-refractivity contribution in [3.05, 3.63) is 76.6 Å². The van der Waals surface area contributed by atoms with E-state index in [1.165, 1.54) is 29.1 Å². The Morgan fingerprint density at radius 1 is 1.14 bits per heavy atom. The van der Waals surface area contributed by atoms with Crippen LogP contribution in [0.5, 0.6) is 0 Å². The minimum Gasteiger partial charge on any atom is -0.292 e. The molecule has 0 aliphatic heterocycles. The first kappa shape index (κ1) is 13.2. The lowest BCUT2D eigenvalue weighted by molar-refractivity contribution is 0.0970. The van der Waals surface area contributed by atoms with Crippen LogP contribution >= 0.6 is 0 Å². The molecular weight excluding hydrogens is 271 g/mol. The van der Waals surface area contributed by atoms with E-state index in [1.54, 1.807) is 24.3 Å². The average molecular weight is 282 g/mol. The Labute approximate surface area is 119 Å². The van der Waals surface area contributed by atoms with Gasteiger partial charge in [0.2, 0.25) is 0 Å². The van der Waals surface area contributed by atoms with Crippen LogP contribution in [-0.2, 0) is 6.54 Å². The van der Waals surface area contributed by atoms with Gasteiger partial charge in [-0.25, -0.2) is 9.37 Å². The van der Waals surface area contributed by atoms with Gasteiger partial charge in [0.1, 0.15) is 5.82 Å². The van der Waals surface area contributed by atoms with Crippen molar-refractivity contribution in [1.29, 1.82) is 0 Å². The summed E-state index contributed by atoms with van der Waals surface area (Å²) < 4.78 is 14.3. The van der Waals surface area contributed by atoms with Crippen molar-refractivity contribution in [2.75, 3.05) is 0 Å². The van der Waals surface area contributed by atoms with Crippen molar-refractivity contribution in [3.8, 4) is 0 Å². The molecule has 21 heavy (non-hydrogen) atoms. The molecule has 0 aliphatic rings. The molecule has 3 rings (SSSR count). The Bertz CT molecular complexity index is 872. The zero-order chi connectivity index (χ0) is 14.8. The van der Waals surface area contributed by atoms with Crippen LogP contribution in [0.4, 0.5) is 4.39 Å². The van der Waals surface area contributed by atoms with E-state index in [0.29, 0.717) is 10.9 Å². The highest BCUT2D eigenvalue weighted by atomic mass is 19.1. The van der Waals surface area contributed by atoms with E-state index in [0.717, 1.165) is 0 Å². The molecule has 0 radical (unpaired) electrons. The highest BCUT2D eigenvalue weighted by molar-refractivity contribution is 5.95. The third-order valence-electron chi connectivity index (χ3n) is 3.20. The fourth-order valence-electron chi connectivity index (χ4n) is 2.11. The van der Waals surface area contributed by atoms with Crippen LogP contribution in [-0.4, -0.2) is 15.3 Å². The van der Waals surface area contributed by atoms with Crippen molar-refractivity contribution in [2.24, 2.45) is 0 Å². The maximum absolute atomic E-state index is 13.1. The van der Waals surface area contributed by atoms with E-state index in [-0.39, 0.29) is 23.4 Å². The molecule has 0 aliphatic carbocycles.